The van der Waals surface area contributed by atoms with E-state index in [0.717, 1.165) is 17.8 Å². The molecule has 0 amide bonds. The summed E-state index contributed by atoms with van der Waals surface area (Å²) in [7, 11) is 0. The van der Waals surface area contributed by atoms with Crippen LogP contribution in [-0.2, 0) is 6.54 Å². The van der Waals surface area contributed by atoms with Gasteiger partial charge in [0, 0.05) is 23.7 Å². The lowest BCUT2D eigenvalue weighted by molar-refractivity contribution is 0.364. The molecular formula is C18H24N2. The molecule has 20 heavy (non-hydrogen) atoms. The van der Waals surface area contributed by atoms with Crippen molar-refractivity contribution in [3.8, 4) is 0 Å². The molecule has 1 aromatic carbocycles. The lowest BCUT2D eigenvalue weighted by atomic mass is 9.92. The largest absolute Gasteiger partial charge is 0.310 e. The number of hydrogen-bond acceptors (Lipinski definition) is 2. The first-order chi connectivity index (χ1) is 9.52. The number of nitrogens with zero attached hydrogens (tertiary/aromatic N) is 1. The number of rotatable bonds is 3. The average Bonchev–Trinajstić information content (AvgIpc) is 2.76. The summed E-state index contributed by atoms with van der Waals surface area (Å²) in [6.07, 6.45) is 3.94. The molecular weight excluding hydrogens is 244 g/mol. The maximum Gasteiger partial charge on any atom is 0.0705 e. The molecule has 2 heteroatoms. The van der Waals surface area contributed by atoms with Crippen molar-refractivity contribution < 1.29 is 0 Å². The summed E-state index contributed by atoms with van der Waals surface area (Å²) in [5.41, 5.74) is 4.04. The van der Waals surface area contributed by atoms with Crippen LogP contribution in [0.4, 0.5) is 0 Å². The normalized spacial score (nSPS) is 21.4. The molecule has 1 N–H and O–H groups in total. The Hall–Kier alpha value is -1.41. The predicted molar refractivity (Wildman–Crippen MR) is 84.7 cm³/mol. The van der Waals surface area contributed by atoms with Gasteiger partial charge in [-0.2, -0.15) is 0 Å². The van der Waals surface area contributed by atoms with E-state index in [2.05, 4.69) is 54.5 Å². The van der Waals surface area contributed by atoms with Crippen molar-refractivity contribution in [2.75, 3.05) is 0 Å². The molecule has 106 valence electrons. The van der Waals surface area contributed by atoms with Crippen molar-refractivity contribution >= 4 is 10.9 Å². The van der Waals surface area contributed by atoms with Crippen molar-refractivity contribution in [1.29, 1.82) is 0 Å². The summed E-state index contributed by atoms with van der Waals surface area (Å²) in [4.78, 5) is 4.55. The Labute approximate surface area is 121 Å². The van der Waals surface area contributed by atoms with E-state index in [1.165, 1.54) is 30.2 Å². The lowest BCUT2D eigenvalue weighted by Gasteiger charge is -2.18. The number of aromatic nitrogens is 1. The standard InChI is InChI=1S/C18H24N2/c1-13-4-6-15-10-14(5-7-17(15)20-13)12-19-16-8-9-18(2,3)11-16/h4-7,10,16,19H,8-9,11-12H2,1-3H3. The van der Waals surface area contributed by atoms with Crippen molar-refractivity contribution in [3.05, 3.63) is 41.6 Å². The highest BCUT2D eigenvalue weighted by Gasteiger charge is 2.30. The van der Waals surface area contributed by atoms with Crippen LogP contribution in [-0.4, -0.2) is 11.0 Å². The fourth-order valence-electron chi connectivity index (χ4n) is 3.26. The van der Waals surface area contributed by atoms with Gasteiger partial charge in [0.1, 0.15) is 0 Å². The third-order valence-electron chi connectivity index (χ3n) is 4.46. The van der Waals surface area contributed by atoms with Crippen LogP contribution in [0.15, 0.2) is 30.3 Å². The molecule has 1 aliphatic carbocycles. The van der Waals surface area contributed by atoms with Gasteiger partial charge in [0.2, 0.25) is 0 Å². The molecule has 0 bridgehead atoms. The van der Waals surface area contributed by atoms with Gasteiger partial charge >= 0.3 is 0 Å². The van der Waals surface area contributed by atoms with Gasteiger partial charge in [-0.15, -0.1) is 0 Å². The highest BCUT2D eigenvalue weighted by Crippen LogP contribution is 2.37. The number of hydrogen-bond donors (Lipinski definition) is 1. The molecule has 0 aliphatic heterocycles. The monoisotopic (exact) mass is 268 g/mol. The van der Waals surface area contributed by atoms with Gasteiger partial charge in [0.15, 0.2) is 0 Å². The van der Waals surface area contributed by atoms with Gasteiger partial charge in [0.25, 0.3) is 0 Å². The SMILES string of the molecule is Cc1ccc2cc(CNC3CCC(C)(C)C3)ccc2n1. The summed E-state index contributed by atoms with van der Waals surface area (Å²) < 4.78 is 0. The Morgan fingerprint density at radius 3 is 2.85 bits per heavy atom. The third-order valence-corrected chi connectivity index (χ3v) is 4.46. The molecule has 3 rings (SSSR count). The van der Waals surface area contributed by atoms with Crippen LogP contribution < -0.4 is 5.32 Å². The van der Waals surface area contributed by atoms with E-state index in [9.17, 15) is 0 Å². The minimum absolute atomic E-state index is 0.516. The zero-order chi connectivity index (χ0) is 14.2. The Bertz CT molecular complexity index is 616. The molecule has 1 heterocycles. The first-order valence-corrected chi connectivity index (χ1v) is 7.62. The summed E-state index contributed by atoms with van der Waals surface area (Å²) in [6.45, 7) is 7.75. The highest BCUT2D eigenvalue weighted by atomic mass is 14.9. The van der Waals surface area contributed by atoms with E-state index in [0.29, 0.717) is 11.5 Å². The topological polar surface area (TPSA) is 24.9 Å². The quantitative estimate of drug-likeness (QED) is 0.902. The van der Waals surface area contributed by atoms with Gasteiger partial charge in [-0.05, 0) is 55.4 Å². The van der Waals surface area contributed by atoms with Crippen LogP contribution in [0.25, 0.3) is 10.9 Å². The number of benzene rings is 1. The second-order valence-electron chi connectivity index (χ2n) is 6.96. The van der Waals surface area contributed by atoms with Crippen molar-refractivity contribution in [1.82, 2.24) is 10.3 Å². The van der Waals surface area contributed by atoms with Crippen molar-refractivity contribution in [2.24, 2.45) is 5.41 Å². The Balaban J connectivity index is 1.67. The smallest absolute Gasteiger partial charge is 0.0705 e. The van der Waals surface area contributed by atoms with E-state index in [-0.39, 0.29) is 0 Å². The Morgan fingerprint density at radius 2 is 2.10 bits per heavy atom. The lowest BCUT2D eigenvalue weighted by Crippen LogP contribution is -2.26. The van der Waals surface area contributed by atoms with Crippen molar-refractivity contribution in [2.45, 2.75) is 52.6 Å². The van der Waals surface area contributed by atoms with E-state index in [4.69, 9.17) is 0 Å². The summed E-state index contributed by atoms with van der Waals surface area (Å²) in [5, 5.41) is 4.95. The fraction of sp³-hybridized carbons (Fsp3) is 0.500. The molecule has 1 fully saturated rings. The molecule has 2 aromatic rings. The van der Waals surface area contributed by atoms with Gasteiger partial charge in [-0.25, -0.2) is 0 Å². The zero-order valence-corrected chi connectivity index (χ0v) is 12.7. The number of fused-ring (bicyclic) bond motifs is 1. The molecule has 1 unspecified atom stereocenters. The van der Waals surface area contributed by atoms with Crippen LogP contribution in [0, 0.1) is 12.3 Å². The van der Waals surface area contributed by atoms with E-state index in [1.807, 2.05) is 6.92 Å². The number of nitrogens with one attached hydrogen (secondary N) is 1. The minimum Gasteiger partial charge on any atom is -0.310 e. The summed E-state index contributed by atoms with van der Waals surface area (Å²) >= 11 is 0. The maximum absolute atomic E-state index is 4.55. The first-order valence-electron chi connectivity index (χ1n) is 7.62. The van der Waals surface area contributed by atoms with Crippen LogP contribution in [0.3, 0.4) is 0 Å². The average molecular weight is 268 g/mol. The highest BCUT2D eigenvalue weighted by molar-refractivity contribution is 5.79. The maximum atomic E-state index is 4.55. The van der Waals surface area contributed by atoms with E-state index < -0.39 is 0 Å². The summed E-state index contributed by atoms with van der Waals surface area (Å²) in [6, 6.07) is 11.5. The van der Waals surface area contributed by atoms with Crippen LogP contribution in [0.1, 0.15) is 44.4 Å². The predicted octanol–water partition coefficient (Wildman–Crippen LogP) is 4.21. The Morgan fingerprint density at radius 1 is 1.25 bits per heavy atom. The van der Waals surface area contributed by atoms with Gasteiger partial charge in [-0.1, -0.05) is 26.0 Å². The molecule has 1 atom stereocenters. The zero-order valence-electron chi connectivity index (χ0n) is 12.7. The van der Waals surface area contributed by atoms with Gasteiger partial charge in [-0.3, -0.25) is 4.98 Å². The van der Waals surface area contributed by atoms with Gasteiger partial charge < -0.3 is 5.32 Å². The molecule has 1 aliphatic rings. The number of pyridine rings is 1. The van der Waals surface area contributed by atoms with Crippen molar-refractivity contribution in [3.63, 3.8) is 0 Å². The van der Waals surface area contributed by atoms with Crippen LogP contribution >= 0.6 is 0 Å². The molecule has 0 spiro atoms. The van der Waals surface area contributed by atoms with Gasteiger partial charge in [0.05, 0.1) is 5.52 Å². The molecule has 2 nitrogen and oxygen atoms in total. The molecule has 1 saturated carbocycles. The second-order valence-corrected chi connectivity index (χ2v) is 6.96. The molecule has 0 saturated heterocycles. The van der Waals surface area contributed by atoms with Crippen LogP contribution in [0.2, 0.25) is 0 Å². The first kappa shape index (κ1) is 13.6. The molecule has 0 radical (unpaired) electrons. The number of aryl methyl sites for hydroxylation is 1. The Kier molecular flexibility index (Phi) is 3.51. The van der Waals surface area contributed by atoms with E-state index >= 15 is 0 Å². The second kappa shape index (κ2) is 5.17. The van der Waals surface area contributed by atoms with E-state index in [1.54, 1.807) is 0 Å². The summed E-state index contributed by atoms with van der Waals surface area (Å²) in [5.74, 6) is 0. The third kappa shape index (κ3) is 3.01. The van der Waals surface area contributed by atoms with Crippen LogP contribution in [0.5, 0.6) is 0 Å². The minimum atomic E-state index is 0.516. The fourth-order valence-corrected chi connectivity index (χ4v) is 3.26. The molecule has 1 aromatic heterocycles.